The fourth-order valence-corrected chi connectivity index (χ4v) is 2.98. The summed E-state index contributed by atoms with van der Waals surface area (Å²) in [5, 5.41) is 0. The number of methoxy groups -OCH3 is 1. The van der Waals surface area contributed by atoms with E-state index in [1.165, 1.54) is 11.1 Å². The van der Waals surface area contributed by atoms with E-state index >= 15 is 0 Å². The van der Waals surface area contributed by atoms with E-state index < -0.39 is 0 Å². The minimum absolute atomic E-state index is 0.269. The van der Waals surface area contributed by atoms with Crippen LogP contribution in [0, 0.1) is 20.8 Å². The van der Waals surface area contributed by atoms with Gasteiger partial charge in [0.15, 0.2) is 0 Å². The van der Waals surface area contributed by atoms with Crippen LogP contribution in [0.3, 0.4) is 0 Å². The predicted octanol–water partition coefficient (Wildman–Crippen LogP) is 4.58. The van der Waals surface area contributed by atoms with E-state index in [-0.39, 0.29) is 5.92 Å². The second-order valence-corrected chi connectivity index (χ2v) is 5.82. The maximum atomic E-state index is 6.20. The van der Waals surface area contributed by atoms with Gasteiger partial charge in [0.2, 0.25) is 0 Å². The lowest BCUT2D eigenvalue weighted by Gasteiger charge is -2.18. The van der Waals surface area contributed by atoms with E-state index in [0.717, 1.165) is 29.0 Å². The smallest absolute Gasteiger partial charge is 0.128 e. The van der Waals surface area contributed by atoms with Crippen molar-refractivity contribution in [3.8, 4) is 5.75 Å². The first-order chi connectivity index (χ1) is 10.1. The van der Waals surface area contributed by atoms with Gasteiger partial charge >= 0.3 is 0 Å². The van der Waals surface area contributed by atoms with E-state index in [1.54, 1.807) is 7.11 Å². The molecule has 1 aromatic carbocycles. The summed E-state index contributed by atoms with van der Waals surface area (Å²) in [7, 11) is 1.71. The zero-order valence-electron chi connectivity index (χ0n) is 13.1. The van der Waals surface area contributed by atoms with Gasteiger partial charge in [-0.05, 0) is 32.8 Å². The lowest BCUT2D eigenvalue weighted by Crippen LogP contribution is -2.09. The molecule has 0 saturated carbocycles. The lowest BCUT2D eigenvalue weighted by atomic mass is 9.93. The predicted molar refractivity (Wildman–Crippen MR) is 88.6 cm³/mol. The molecule has 1 atom stereocenters. The first-order valence-corrected chi connectivity index (χ1v) is 7.71. The molecule has 0 bridgehead atoms. The van der Waals surface area contributed by atoms with Gasteiger partial charge in [0, 0.05) is 34.8 Å². The molecule has 21 heavy (non-hydrogen) atoms. The van der Waals surface area contributed by atoms with E-state index in [2.05, 4.69) is 43.1 Å². The summed E-state index contributed by atoms with van der Waals surface area (Å²) in [4.78, 5) is 4.58. The summed E-state index contributed by atoms with van der Waals surface area (Å²) in [5.74, 6) is 1.78. The molecule has 0 aliphatic carbocycles. The third kappa shape index (κ3) is 3.56. The molecular weight excluding hydrogens is 282 g/mol. The topological polar surface area (TPSA) is 22.1 Å². The second-order valence-electron chi connectivity index (χ2n) is 5.52. The van der Waals surface area contributed by atoms with Crippen LogP contribution >= 0.6 is 11.6 Å². The Morgan fingerprint density at radius 3 is 2.62 bits per heavy atom. The van der Waals surface area contributed by atoms with Crippen molar-refractivity contribution < 1.29 is 4.74 Å². The number of aromatic nitrogens is 1. The van der Waals surface area contributed by atoms with Crippen LogP contribution in [0.5, 0.6) is 5.75 Å². The van der Waals surface area contributed by atoms with Crippen LogP contribution in [0.25, 0.3) is 0 Å². The Bertz CT molecular complexity index is 625. The normalized spacial score (nSPS) is 12.2. The van der Waals surface area contributed by atoms with Gasteiger partial charge in [-0.1, -0.05) is 29.8 Å². The molecule has 1 unspecified atom stereocenters. The van der Waals surface area contributed by atoms with E-state index in [1.807, 2.05) is 13.1 Å². The van der Waals surface area contributed by atoms with Crippen LogP contribution in [0.4, 0.5) is 0 Å². The third-order valence-electron chi connectivity index (χ3n) is 3.89. The number of nitrogens with zero attached hydrogens (tertiary/aromatic N) is 1. The largest absolute Gasteiger partial charge is 0.496 e. The van der Waals surface area contributed by atoms with Gasteiger partial charge in [0.05, 0.1) is 7.11 Å². The van der Waals surface area contributed by atoms with Crippen LogP contribution < -0.4 is 4.74 Å². The number of aryl methyl sites for hydroxylation is 2. The number of halogens is 1. The number of alkyl halides is 1. The van der Waals surface area contributed by atoms with Crippen molar-refractivity contribution in [2.45, 2.75) is 33.1 Å². The van der Waals surface area contributed by atoms with Gasteiger partial charge in [0.1, 0.15) is 5.75 Å². The van der Waals surface area contributed by atoms with Gasteiger partial charge < -0.3 is 4.74 Å². The molecule has 1 aromatic heterocycles. The lowest BCUT2D eigenvalue weighted by molar-refractivity contribution is 0.406. The molecule has 2 nitrogen and oxygen atoms in total. The van der Waals surface area contributed by atoms with Crippen molar-refractivity contribution >= 4 is 11.6 Å². The molecule has 0 radical (unpaired) electrons. The van der Waals surface area contributed by atoms with E-state index in [4.69, 9.17) is 16.3 Å². The average molecular weight is 304 g/mol. The standard InChI is InChI=1S/C18H22ClNO/c1-12-6-5-7-15(8-12)16(10-19)9-17-14(3)18(21-4)13(2)11-20-17/h5-8,11,16H,9-10H2,1-4H3. The molecule has 112 valence electrons. The zero-order chi connectivity index (χ0) is 15.4. The molecule has 0 aliphatic rings. The quantitative estimate of drug-likeness (QED) is 0.754. The van der Waals surface area contributed by atoms with Gasteiger partial charge in [-0.2, -0.15) is 0 Å². The van der Waals surface area contributed by atoms with E-state index in [9.17, 15) is 0 Å². The Morgan fingerprint density at radius 1 is 1.24 bits per heavy atom. The molecule has 0 fully saturated rings. The van der Waals surface area contributed by atoms with Crippen molar-refractivity contribution in [3.05, 3.63) is 58.4 Å². The van der Waals surface area contributed by atoms with Crippen molar-refractivity contribution in [1.29, 1.82) is 0 Å². The van der Waals surface area contributed by atoms with Crippen LogP contribution in [0.2, 0.25) is 0 Å². The van der Waals surface area contributed by atoms with Gasteiger partial charge in [-0.3, -0.25) is 4.98 Å². The molecular formula is C18H22ClNO. The maximum Gasteiger partial charge on any atom is 0.128 e. The fourth-order valence-electron chi connectivity index (χ4n) is 2.70. The molecule has 2 rings (SSSR count). The molecule has 1 heterocycles. The van der Waals surface area contributed by atoms with Crippen LogP contribution in [0.15, 0.2) is 30.5 Å². The Balaban J connectivity index is 2.31. The average Bonchev–Trinajstić information content (AvgIpc) is 2.47. The molecule has 0 aliphatic heterocycles. The number of benzene rings is 1. The van der Waals surface area contributed by atoms with Gasteiger partial charge in [0.25, 0.3) is 0 Å². The van der Waals surface area contributed by atoms with Crippen LogP contribution in [-0.4, -0.2) is 18.0 Å². The highest BCUT2D eigenvalue weighted by atomic mass is 35.5. The molecule has 0 saturated heterocycles. The Morgan fingerprint density at radius 2 is 2.00 bits per heavy atom. The highest BCUT2D eigenvalue weighted by molar-refractivity contribution is 6.18. The number of pyridine rings is 1. The highest BCUT2D eigenvalue weighted by Crippen LogP contribution is 2.29. The minimum Gasteiger partial charge on any atom is -0.496 e. The maximum absolute atomic E-state index is 6.20. The Kier molecular flexibility index (Phi) is 5.24. The van der Waals surface area contributed by atoms with Gasteiger partial charge in [-0.25, -0.2) is 0 Å². The van der Waals surface area contributed by atoms with Crippen molar-refractivity contribution in [2.75, 3.05) is 13.0 Å². The summed E-state index contributed by atoms with van der Waals surface area (Å²) >= 11 is 6.20. The molecule has 3 heteroatoms. The molecule has 0 spiro atoms. The van der Waals surface area contributed by atoms with Gasteiger partial charge in [-0.15, -0.1) is 11.6 Å². The first kappa shape index (κ1) is 15.8. The highest BCUT2D eigenvalue weighted by Gasteiger charge is 2.16. The summed E-state index contributed by atoms with van der Waals surface area (Å²) in [6.07, 6.45) is 2.71. The van der Waals surface area contributed by atoms with Crippen molar-refractivity contribution in [1.82, 2.24) is 4.98 Å². The summed E-state index contributed by atoms with van der Waals surface area (Å²) in [6.45, 7) is 6.19. The van der Waals surface area contributed by atoms with E-state index in [0.29, 0.717) is 5.88 Å². The fraction of sp³-hybridized carbons (Fsp3) is 0.389. The van der Waals surface area contributed by atoms with Crippen molar-refractivity contribution in [2.24, 2.45) is 0 Å². The third-order valence-corrected chi connectivity index (χ3v) is 4.26. The second kappa shape index (κ2) is 6.95. The Labute approximate surface area is 132 Å². The summed E-state index contributed by atoms with van der Waals surface area (Å²) in [5.41, 5.74) is 5.76. The molecule has 0 N–H and O–H groups in total. The zero-order valence-corrected chi connectivity index (χ0v) is 13.9. The minimum atomic E-state index is 0.269. The van der Waals surface area contributed by atoms with Crippen LogP contribution in [-0.2, 0) is 6.42 Å². The van der Waals surface area contributed by atoms with Crippen LogP contribution in [0.1, 0.15) is 33.9 Å². The number of hydrogen-bond acceptors (Lipinski definition) is 2. The molecule has 2 aromatic rings. The SMILES string of the molecule is COc1c(C)cnc(CC(CCl)c2cccc(C)c2)c1C. The number of ether oxygens (including phenoxy) is 1. The van der Waals surface area contributed by atoms with Crippen molar-refractivity contribution in [3.63, 3.8) is 0 Å². The number of hydrogen-bond donors (Lipinski definition) is 0. The monoisotopic (exact) mass is 303 g/mol. The first-order valence-electron chi connectivity index (χ1n) is 7.18. The Hall–Kier alpha value is -1.54. The number of rotatable bonds is 5. The summed E-state index contributed by atoms with van der Waals surface area (Å²) < 4.78 is 5.48. The summed E-state index contributed by atoms with van der Waals surface area (Å²) in [6, 6.07) is 8.53. The molecule has 0 amide bonds.